The minimum absolute atomic E-state index is 0.225. The molecule has 110 valence electrons. The number of aryl methyl sites for hydroxylation is 1. The molecule has 5 heteroatoms. The SMILES string of the molecule is CCOC(=O)C(Cc1cc(Cl)ccc1C)C(=O)OCC. The van der Waals surface area contributed by atoms with Crippen molar-refractivity contribution in [3.8, 4) is 0 Å². The maximum Gasteiger partial charge on any atom is 0.320 e. The number of hydrogen-bond donors (Lipinski definition) is 0. The van der Waals surface area contributed by atoms with E-state index in [1.807, 2.05) is 13.0 Å². The summed E-state index contributed by atoms with van der Waals surface area (Å²) in [6, 6.07) is 5.37. The second-order valence-corrected chi connectivity index (χ2v) is 4.77. The predicted octanol–water partition coefficient (Wildman–Crippen LogP) is 2.93. The lowest BCUT2D eigenvalue weighted by molar-refractivity contribution is -0.161. The fraction of sp³-hybridized carbons (Fsp3) is 0.467. The van der Waals surface area contributed by atoms with Crippen molar-refractivity contribution in [3.05, 3.63) is 34.3 Å². The van der Waals surface area contributed by atoms with Crippen molar-refractivity contribution in [1.82, 2.24) is 0 Å². The van der Waals surface area contributed by atoms with Crippen LogP contribution in [0.4, 0.5) is 0 Å². The zero-order valence-corrected chi connectivity index (χ0v) is 12.7. The molecule has 0 aromatic heterocycles. The first-order chi connectivity index (χ1) is 9.49. The zero-order valence-electron chi connectivity index (χ0n) is 11.9. The second-order valence-electron chi connectivity index (χ2n) is 4.33. The van der Waals surface area contributed by atoms with Gasteiger partial charge in [0.25, 0.3) is 0 Å². The number of carbonyl (C=O) groups excluding carboxylic acids is 2. The standard InChI is InChI=1S/C15H19ClO4/c1-4-19-14(17)13(15(18)20-5-2)9-11-8-12(16)7-6-10(11)3/h6-8,13H,4-5,9H2,1-3H3. The van der Waals surface area contributed by atoms with E-state index in [0.29, 0.717) is 5.02 Å². The molecule has 0 saturated heterocycles. The maximum absolute atomic E-state index is 11.9. The van der Waals surface area contributed by atoms with Crippen molar-refractivity contribution in [2.24, 2.45) is 5.92 Å². The highest BCUT2D eigenvalue weighted by Crippen LogP contribution is 2.20. The molecule has 0 fully saturated rings. The first-order valence-corrected chi connectivity index (χ1v) is 6.95. The van der Waals surface area contributed by atoms with E-state index >= 15 is 0 Å². The van der Waals surface area contributed by atoms with Crippen LogP contribution in [-0.4, -0.2) is 25.2 Å². The maximum atomic E-state index is 11.9. The molecule has 1 aromatic rings. The van der Waals surface area contributed by atoms with Crippen molar-refractivity contribution >= 4 is 23.5 Å². The van der Waals surface area contributed by atoms with E-state index in [1.165, 1.54) is 0 Å². The highest BCUT2D eigenvalue weighted by Gasteiger charge is 2.30. The van der Waals surface area contributed by atoms with E-state index in [1.54, 1.807) is 26.0 Å². The molecule has 20 heavy (non-hydrogen) atoms. The molecule has 0 aliphatic rings. The van der Waals surface area contributed by atoms with Gasteiger partial charge < -0.3 is 9.47 Å². The molecule has 0 heterocycles. The molecular formula is C15H19ClO4. The van der Waals surface area contributed by atoms with Crippen LogP contribution in [0.2, 0.25) is 5.02 Å². The van der Waals surface area contributed by atoms with Crippen LogP contribution in [-0.2, 0) is 25.5 Å². The van der Waals surface area contributed by atoms with Gasteiger partial charge in [0.05, 0.1) is 13.2 Å². The van der Waals surface area contributed by atoms with Crippen LogP contribution in [0.1, 0.15) is 25.0 Å². The molecule has 0 unspecified atom stereocenters. The van der Waals surface area contributed by atoms with Crippen molar-refractivity contribution < 1.29 is 19.1 Å². The Kier molecular flexibility index (Phi) is 6.52. The Balaban J connectivity index is 2.96. The minimum atomic E-state index is -0.952. The van der Waals surface area contributed by atoms with Gasteiger partial charge in [-0.2, -0.15) is 0 Å². The summed E-state index contributed by atoms with van der Waals surface area (Å²) in [5, 5.41) is 0.567. The number of carbonyl (C=O) groups is 2. The second kappa shape index (κ2) is 7.90. The first-order valence-electron chi connectivity index (χ1n) is 6.57. The van der Waals surface area contributed by atoms with Gasteiger partial charge in [-0.25, -0.2) is 0 Å². The Bertz CT molecular complexity index is 467. The molecule has 0 bridgehead atoms. The highest BCUT2D eigenvalue weighted by molar-refractivity contribution is 6.30. The van der Waals surface area contributed by atoms with Gasteiger partial charge in [-0.1, -0.05) is 17.7 Å². The van der Waals surface area contributed by atoms with Crippen LogP contribution in [0.5, 0.6) is 0 Å². The van der Waals surface area contributed by atoms with Crippen LogP contribution >= 0.6 is 11.6 Å². The van der Waals surface area contributed by atoms with Gasteiger partial charge in [0.15, 0.2) is 5.92 Å². The summed E-state index contributed by atoms with van der Waals surface area (Å²) in [6.45, 7) is 5.75. The third-order valence-corrected chi connectivity index (χ3v) is 3.11. The topological polar surface area (TPSA) is 52.6 Å². The third-order valence-electron chi connectivity index (χ3n) is 2.88. The van der Waals surface area contributed by atoms with Crippen molar-refractivity contribution in [2.75, 3.05) is 13.2 Å². The molecule has 1 rings (SSSR count). The lowest BCUT2D eigenvalue weighted by Crippen LogP contribution is -2.30. The number of esters is 2. The molecule has 0 atom stereocenters. The Morgan fingerprint density at radius 3 is 2.20 bits per heavy atom. The fourth-order valence-corrected chi connectivity index (χ4v) is 2.02. The predicted molar refractivity (Wildman–Crippen MR) is 76.6 cm³/mol. The molecule has 0 aliphatic heterocycles. The third kappa shape index (κ3) is 4.53. The summed E-state index contributed by atoms with van der Waals surface area (Å²) in [7, 11) is 0. The van der Waals surface area contributed by atoms with Gasteiger partial charge in [0.2, 0.25) is 0 Å². The van der Waals surface area contributed by atoms with Gasteiger partial charge in [-0.15, -0.1) is 0 Å². The molecule has 0 amide bonds. The zero-order chi connectivity index (χ0) is 15.1. The summed E-state index contributed by atoms with van der Waals surface area (Å²) >= 11 is 5.95. The Labute approximate surface area is 124 Å². The van der Waals surface area contributed by atoms with E-state index in [2.05, 4.69) is 0 Å². The monoisotopic (exact) mass is 298 g/mol. The Morgan fingerprint density at radius 2 is 1.70 bits per heavy atom. The summed E-state index contributed by atoms with van der Waals surface area (Å²) in [6.07, 6.45) is 0.226. The van der Waals surface area contributed by atoms with E-state index in [0.717, 1.165) is 11.1 Å². The number of halogens is 1. The van der Waals surface area contributed by atoms with Gasteiger partial charge in [0, 0.05) is 5.02 Å². The van der Waals surface area contributed by atoms with Crippen molar-refractivity contribution in [1.29, 1.82) is 0 Å². The molecule has 0 N–H and O–H groups in total. The van der Waals surface area contributed by atoms with Crippen LogP contribution < -0.4 is 0 Å². The van der Waals surface area contributed by atoms with Gasteiger partial charge in [-0.3, -0.25) is 9.59 Å². The molecule has 4 nitrogen and oxygen atoms in total. The van der Waals surface area contributed by atoms with Gasteiger partial charge in [0.1, 0.15) is 0 Å². The Morgan fingerprint density at radius 1 is 1.15 bits per heavy atom. The number of benzene rings is 1. The average Bonchev–Trinajstić information content (AvgIpc) is 2.40. The summed E-state index contributed by atoms with van der Waals surface area (Å²) in [4.78, 5) is 23.8. The normalized spacial score (nSPS) is 10.4. The summed E-state index contributed by atoms with van der Waals surface area (Å²) in [5.74, 6) is -2.08. The van der Waals surface area contributed by atoms with E-state index in [4.69, 9.17) is 21.1 Å². The smallest absolute Gasteiger partial charge is 0.320 e. The lowest BCUT2D eigenvalue weighted by atomic mass is 9.96. The van der Waals surface area contributed by atoms with E-state index in [9.17, 15) is 9.59 Å². The molecule has 0 aliphatic carbocycles. The summed E-state index contributed by atoms with van der Waals surface area (Å²) < 4.78 is 9.88. The number of ether oxygens (including phenoxy) is 2. The number of hydrogen-bond acceptors (Lipinski definition) is 4. The minimum Gasteiger partial charge on any atom is -0.465 e. The lowest BCUT2D eigenvalue weighted by Gasteiger charge is -2.15. The largest absolute Gasteiger partial charge is 0.465 e. The van der Waals surface area contributed by atoms with Crippen molar-refractivity contribution in [2.45, 2.75) is 27.2 Å². The van der Waals surface area contributed by atoms with E-state index in [-0.39, 0.29) is 19.6 Å². The first kappa shape index (κ1) is 16.5. The molecular weight excluding hydrogens is 280 g/mol. The Hall–Kier alpha value is -1.55. The van der Waals surface area contributed by atoms with Crippen LogP contribution in [0.15, 0.2) is 18.2 Å². The highest BCUT2D eigenvalue weighted by atomic mass is 35.5. The molecule has 0 radical (unpaired) electrons. The average molecular weight is 299 g/mol. The number of rotatable bonds is 6. The van der Waals surface area contributed by atoms with Gasteiger partial charge >= 0.3 is 11.9 Å². The van der Waals surface area contributed by atoms with E-state index < -0.39 is 17.9 Å². The van der Waals surface area contributed by atoms with Crippen molar-refractivity contribution in [3.63, 3.8) is 0 Å². The summed E-state index contributed by atoms with van der Waals surface area (Å²) in [5.41, 5.74) is 1.80. The van der Waals surface area contributed by atoms with Gasteiger partial charge in [-0.05, 0) is 50.5 Å². The van der Waals surface area contributed by atoms with Crippen LogP contribution in [0, 0.1) is 12.8 Å². The van der Waals surface area contributed by atoms with Crippen LogP contribution in [0.25, 0.3) is 0 Å². The fourth-order valence-electron chi connectivity index (χ4n) is 1.83. The molecule has 0 saturated carbocycles. The van der Waals surface area contributed by atoms with Crippen LogP contribution in [0.3, 0.4) is 0 Å². The molecule has 1 aromatic carbocycles. The quantitative estimate of drug-likeness (QED) is 0.598. The molecule has 0 spiro atoms.